The normalized spacial score (nSPS) is 19.4. The summed E-state index contributed by atoms with van der Waals surface area (Å²) in [5.74, 6) is -3.29. The van der Waals surface area contributed by atoms with Crippen molar-refractivity contribution in [1.82, 2.24) is 20.0 Å². The molecular formula is C15H16F2N4O3. The molecule has 1 aliphatic rings. The quantitative estimate of drug-likeness (QED) is 0.792. The van der Waals surface area contributed by atoms with Crippen LogP contribution in [0.15, 0.2) is 18.5 Å². The number of aryl methyl sites for hydroxylation is 1. The lowest BCUT2D eigenvalue weighted by molar-refractivity contribution is -0.0107. The van der Waals surface area contributed by atoms with Crippen LogP contribution in [0.4, 0.5) is 8.78 Å². The molecule has 0 aromatic carbocycles. The first-order valence-electron chi connectivity index (χ1n) is 7.33. The maximum absolute atomic E-state index is 13.1. The highest BCUT2D eigenvalue weighted by molar-refractivity contribution is 5.89. The fourth-order valence-corrected chi connectivity index (χ4v) is 2.56. The first kappa shape index (κ1) is 16.4. The Morgan fingerprint density at radius 1 is 1.54 bits per heavy atom. The van der Waals surface area contributed by atoms with E-state index in [0.29, 0.717) is 16.8 Å². The Hall–Kier alpha value is -2.42. The third kappa shape index (κ3) is 3.40. The zero-order valence-corrected chi connectivity index (χ0v) is 13.2. The number of rotatable bonds is 4. The molecule has 1 atom stereocenters. The molecule has 9 heteroatoms. The van der Waals surface area contributed by atoms with Crippen molar-refractivity contribution in [3.05, 3.63) is 29.7 Å². The summed E-state index contributed by atoms with van der Waals surface area (Å²) in [6, 6.07) is 1.74. The van der Waals surface area contributed by atoms with Gasteiger partial charge in [0.05, 0.1) is 26.0 Å². The second-order valence-corrected chi connectivity index (χ2v) is 5.70. The van der Waals surface area contributed by atoms with Crippen LogP contribution in [-0.2, 0) is 16.0 Å². The smallest absolute Gasteiger partial charge is 0.356 e. The Kier molecular flexibility index (Phi) is 4.27. The number of nitrogens with zero attached hydrogens (tertiary/aromatic N) is 4. The second kappa shape index (κ2) is 6.23. The zero-order valence-electron chi connectivity index (χ0n) is 13.2. The zero-order chi connectivity index (χ0) is 17.3. The van der Waals surface area contributed by atoms with Gasteiger partial charge in [-0.15, -0.1) is 5.10 Å². The lowest BCUT2D eigenvalue weighted by atomic mass is 10.1. The van der Waals surface area contributed by atoms with Crippen LogP contribution in [0.1, 0.15) is 22.5 Å². The Labute approximate surface area is 136 Å². The molecule has 0 spiro atoms. The number of carbonyl (C=O) groups excluding carboxylic acids is 1. The number of methoxy groups -OCH3 is 1. The maximum atomic E-state index is 13.1. The summed E-state index contributed by atoms with van der Waals surface area (Å²) in [6.45, 7) is 1.38. The van der Waals surface area contributed by atoms with Gasteiger partial charge in [0, 0.05) is 18.2 Å². The van der Waals surface area contributed by atoms with Crippen LogP contribution in [0.25, 0.3) is 11.3 Å². The van der Waals surface area contributed by atoms with E-state index >= 15 is 0 Å². The second-order valence-electron chi connectivity index (χ2n) is 5.70. The first-order chi connectivity index (χ1) is 11.4. The van der Waals surface area contributed by atoms with Crippen LogP contribution in [-0.4, -0.2) is 51.7 Å². The standard InChI is InChI=1S/C15H16F2N4O3/c1-9-3-10(5-18-13(9)14(22)23-2)12-7-21(20-19-12)6-11-4-15(16,17)8-24-11/h3,5,7,11H,4,6,8H2,1-2H3. The van der Waals surface area contributed by atoms with Crippen LogP contribution >= 0.6 is 0 Å². The molecule has 0 N–H and O–H groups in total. The summed E-state index contributed by atoms with van der Waals surface area (Å²) in [6.07, 6.45) is 2.22. The van der Waals surface area contributed by atoms with E-state index in [1.807, 2.05) is 0 Å². The Balaban J connectivity index is 1.74. The molecule has 1 fully saturated rings. The molecule has 1 aliphatic heterocycles. The molecule has 3 rings (SSSR count). The van der Waals surface area contributed by atoms with E-state index < -0.39 is 24.6 Å². The van der Waals surface area contributed by atoms with Crippen molar-refractivity contribution in [2.24, 2.45) is 0 Å². The molecule has 3 heterocycles. The van der Waals surface area contributed by atoms with Crippen molar-refractivity contribution < 1.29 is 23.0 Å². The highest BCUT2D eigenvalue weighted by Gasteiger charge is 2.40. The highest BCUT2D eigenvalue weighted by atomic mass is 19.3. The van der Waals surface area contributed by atoms with Gasteiger partial charge in [-0.05, 0) is 18.6 Å². The molecule has 0 aliphatic carbocycles. The molecule has 7 nitrogen and oxygen atoms in total. The Bertz CT molecular complexity index is 763. The number of halogens is 2. The van der Waals surface area contributed by atoms with Crippen molar-refractivity contribution in [2.75, 3.05) is 13.7 Å². The molecule has 1 saturated heterocycles. The van der Waals surface area contributed by atoms with Crippen molar-refractivity contribution >= 4 is 5.97 Å². The molecule has 0 radical (unpaired) electrons. The Morgan fingerprint density at radius 2 is 2.33 bits per heavy atom. The number of ether oxygens (including phenoxy) is 2. The van der Waals surface area contributed by atoms with Crippen LogP contribution in [0, 0.1) is 6.92 Å². The molecule has 128 valence electrons. The number of hydrogen-bond donors (Lipinski definition) is 0. The minimum Gasteiger partial charge on any atom is -0.464 e. The molecule has 24 heavy (non-hydrogen) atoms. The van der Waals surface area contributed by atoms with Gasteiger partial charge < -0.3 is 9.47 Å². The summed E-state index contributed by atoms with van der Waals surface area (Å²) >= 11 is 0. The summed E-state index contributed by atoms with van der Waals surface area (Å²) in [5, 5.41) is 7.94. The van der Waals surface area contributed by atoms with Crippen molar-refractivity contribution in [2.45, 2.75) is 31.9 Å². The van der Waals surface area contributed by atoms with Crippen molar-refractivity contribution in [3.63, 3.8) is 0 Å². The van der Waals surface area contributed by atoms with Crippen molar-refractivity contribution in [1.29, 1.82) is 0 Å². The summed E-state index contributed by atoms with van der Waals surface area (Å²) in [5.41, 5.74) is 2.08. The lowest BCUT2D eigenvalue weighted by Crippen LogP contribution is -2.18. The van der Waals surface area contributed by atoms with E-state index in [9.17, 15) is 13.6 Å². The van der Waals surface area contributed by atoms with Gasteiger partial charge >= 0.3 is 5.97 Å². The van der Waals surface area contributed by atoms with Gasteiger partial charge in [0.25, 0.3) is 5.92 Å². The largest absolute Gasteiger partial charge is 0.464 e. The number of pyridine rings is 1. The lowest BCUT2D eigenvalue weighted by Gasteiger charge is -2.08. The number of alkyl halides is 2. The fourth-order valence-electron chi connectivity index (χ4n) is 2.56. The molecule has 0 bridgehead atoms. The predicted octanol–water partition coefficient (Wildman–Crippen LogP) is 1.86. The third-order valence-electron chi connectivity index (χ3n) is 3.74. The topological polar surface area (TPSA) is 79.1 Å². The van der Waals surface area contributed by atoms with Gasteiger partial charge in [-0.1, -0.05) is 5.21 Å². The molecule has 2 aromatic heterocycles. The predicted molar refractivity (Wildman–Crippen MR) is 78.6 cm³/mol. The van der Waals surface area contributed by atoms with Gasteiger partial charge in [-0.3, -0.25) is 0 Å². The summed E-state index contributed by atoms with van der Waals surface area (Å²) in [7, 11) is 1.29. The van der Waals surface area contributed by atoms with E-state index in [0.717, 1.165) is 0 Å². The van der Waals surface area contributed by atoms with E-state index in [2.05, 4.69) is 20.0 Å². The first-order valence-corrected chi connectivity index (χ1v) is 7.33. The average Bonchev–Trinajstić information content (AvgIpc) is 3.13. The SMILES string of the molecule is COC(=O)c1ncc(-c2cn(CC3CC(F)(F)CO3)nn2)cc1C. The minimum absolute atomic E-state index is 0.204. The van der Waals surface area contributed by atoms with Crippen molar-refractivity contribution in [3.8, 4) is 11.3 Å². The van der Waals surface area contributed by atoms with Crippen LogP contribution < -0.4 is 0 Å². The van der Waals surface area contributed by atoms with Gasteiger partial charge in [0.15, 0.2) is 5.69 Å². The molecule has 2 aromatic rings. The monoisotopic (exact) mass is 338 g/mol. The van der Waals surface area contributed by atoms with Crippen LogP contribution in [0.3, 0.4) is 0 Å². The van der Waals surface area contributed by atoms with Gasteiger partial charge in [-0.25, -0.2) is 23.2 Å². The van der Waals surface area contributed by atoms with Gasteiger partial charge in [0.1, 0.15) is 12.3 Å². The van der Waals surface area contributed by atoms with Crippen LogP contribution in [0.5, 0.6) is 0 Å². The number of aromatic nitrogens is 4. The van der Waals surface area contributed by atoms with E-state index in [1.165, 1.54) is 18.0 Å². The van der Waals surface area contributed by atoms with E-state index in [4.69, 9.17) is 4.74 Å². The minimum atomic E-state index is -2.78. The average molecular weight is 338 g/mol. The fraction of sp³-hybridized carbons (Fsp3) is 0.467. The number of carbonyl (C=O) groups is 1. The highest BCUT2D eigenvalue weighted by Crippen LogP contribution is 2.30. The number of esters is 1. The molecular weight excluding hydrogens is 322 g/mol. The molecule has 0 amide bonds. The molecule has 1 unspecified atom stereocenters. The Morgan fingerprint density at radius 3 is 2.96 bits per heavy atom. The summed E-state index contributed by atoms with van der Waals surface area (Å²) in [4.78, 5) is 15.6. The van der Waals surface area contributed by atoms with Crippen LogP contribution in [0.2, 0.25) is 0 Å². The number of hydrogen-bond acceptors (Lipinski definition) is 6. The van der Waals surface area contributed by atoms with E-state index in [1.54, 1.807) is 19.2 Å². The maximum Gasteiger partial charge on any atom is 0.356 e. The van der Waals surface area contributed by atoms with Gasteiger partial charge in [-0.2, -0.15) is 0 Å². The summed E-state index contributed by atoms with van der Waals surface area (Å²) < 4.78 is 37.4. The van der Waals surface area contributed by atoms with E-state index in [-0.39, 0.29) is 18.7 Å². The molecule has 0 saturated carbocycles. The van der Waals surface area contributed by atoms with Gasteiger partial charge in [0.2, 0.25) is 0 Å². The third-order valence-corrected chi connectivity index (χ3v) is 3.74.